The van der Waals surface area contributed by atoms with Crippen LogP contribution in [0.2, 0.25) is 0 Å². The van der Waals surface area contributed by atoms with Gasteiger partial charge in [-0.1, -0.05) is 35.9 Å². The molecule has 120 valence electrons. The van der Waals surface area contributed by atoms with Gasteiger partial charge in [0.2, 0.25) is 0 Å². The second-order valence-electron chi connectivity index (χ2n) is 5.16. The van der Waals surface area contributed by atoms with Crippen molar-refractivity contribution < 1.29 is 23.5 Å². The van der Waals surface area contributed by atoms with Gasteiger partial charge in [0.15, 0.2) is 11.6 Å². The van der Waals surface area contributed by atoms with E-state index in [0.717, 1.165) is 23.3 Å². The van der Waals surface area contributed by atoms with Crippen LogP contribution in [0.15, 0.2) is 42.5 Å². The standard InChI is InChI=1S/C17H15F2NO3/c1-10-4-2-5-11(8-10)9-14(17(22)23)20-16(21)12-6-3-7-13(18)15(12)19/h2-8,14H,9H2,1H3,(H,20,21)(H,22,23)/t14-/m0/s1. The highest BCUT2D eigenvalue weighted by Crippen LogP contribution is 2.12. The Balaban J connectivity index is 2.18. The van der Waals surface area contributed by atoms with Gasteiger partial charge < -0.3 is 10.4 Å². The van der Waals surface area contributed by atoms with Crippen molar-refractivity contribution in [2.24, 2.45) is 0 Å². The topological polar surface area (TPSA) is 66.4 Å². The van der Waals surface area contributed by atoms with Crippen LogP contribution < -0.4 is 5.32 Å². The zero-order valence-corrected chi connectivity index (χ0v) is 12.3. The zero-order chi connectivity index (χ0) is 17.0. The van der Waals surface area contributed by atoms with E-state index in [1.165, 1.54) is 6.07 Å². The van der Waals surface area contributed by atoms with Gasteiger partial charge in [0, 0.05) is 6.42 Å². The number of rotatable bonds is 5. The Morgan fingerprint density at radius 3 is 2.52 bits per heavy atom. The average Bonchev–Trinajstić information content (AvgIpc) is 2.49. The molecule has 1 amide bonds. The highest BCUT2D eigenvalue weighted by atomic mass is 19.2. The van der Waals surface area contributed by atoms with Gasteiger partial charge in [-0.15, -0.1) is 0 Å². The summed E-state index contributed by atoms with van der Waals surface area (Å²) in [6.07, 6.45) is 0.0414. The smallest absolute Gasteiger partial charge is 0.326 e. The lowest BCUT2D eigenvalue weighted by Gasteiger charge is -2.15. The summed E-state index contributed by atoms with van der Waals surface area (Å²) in [5.74, 6) is -4.69. The fraction of sp³-hybridized carbons (Fsp3) is 0.176. The van der Waals surface area contributed by atoms with Crippen LogP contribution in [-0.4, -0.2) is 23.0 Å². The molecule has 0 heterocycles. The Kier molecular flexibility index (Phi) is 5.05. The van der Waals surface area contributed by atoms with Crippen molar-refractivity contribution in [3.05, 3.63) is 70.8 Å². The minimum atomic E-state index is -1.30. The number of carbonyl (C=O) groups excluding carboxylic acids is 1. The number of hydrogen-bond acceptors (Lipinski definition) is 2. The number of carboxylic acid groups (broad SMARTS) is 1. The van der Waals surface area contributed by atoms with E-state index >= 15 is 0 Å². The molecule has 0 aromatic heterocycles. The van der Waals surface area contributed by atoms with Gasteiger partial charge in [0.05, 0.1) is 5.56 Å². The van der Waals surface area contributed by atoms with Crippen molar-refractivity contribution in [2.75, 3.05) is 0 Å². The summed E-state index contributed by atoms with van der Waals surface area (Å²) in [5.41, 5.74) is 1.15. The predicted molar refractivity (Wildman–Crippen MR) is 80.1 cm³/mol. The number of aliphatic carboxylic acids is 1. The Bertz CT molecular complexity index is 746. The van der Waals surface area contributed by atoms with Crippen LogP contribution in [0, 0.1) is 18.6 Å². The van der Waals surface area contributed by atoms with Crippen LogP contribution >= 0.6 is 0 Å². The molecule has 0 unspecified atom stereocenters. The van der Waals surface area contributed by atoms with Crippen LogP contribution in [-0.2, 0) is 11.2 Å². The Morgan fingerprint density at radius 1 is 1.17 bits per heavy atom. The molecule has 1 atom stereocenters. The molecule has 2 N–H and O–H groups in total. The number of amides is 1. The number of nitrogens with one attached hydrogen (secondary N) is 1. The van der Waals surface area contributed by atoms with Gasteiger partial charge in [-0.05, 0) is 24.6 Å². The van der Waals surface area contributed by atoms with Gasteiger partial charge in [-0.2, -0.15) is 0 Å². The summed E-state index contributed by atoms with van der Waals surface area (Å²) in [7, 11) is 0. The lowest BCUT2D eigenvalue weighted by molar-refractivity contribution is -0.139. The molecule has 2 rings (SSSR count). The van der Waals surface area contributed by atoms with Crippen molar-refractivity contribution >= 4 is 11.9 Å². The molecule has 0 aliphatic heterocycles. The molecule has 0 saturated carbocycles. The molecule has 2 aromatic carbocycles. The fourth-order valence-electron chi connectivity index (χ4n) is 2.19. The first-order chi connectivity index (χ1) is 10.9. The highest BCUT2D eigenvalue weighted by Gasteiger charge is 2.23. The van der Waals surface area contributed by atoms with Crippen molar-refractivity contribution in [3.8, 4) is 0 Å². The molecule has 2 aromatic rings. The molecule has 6 heteroatoms. The third-order valence-corrected chi connectivity index (χ3v) is 3.32. The minimum Gasteiger partial charge on any atom is -0.480 e. The van der Waals surface area contributed by atoms with Crippen molar-refractivity contribution in [1.82, 2.24) is 5.32 Å². The molecule has 23 heavy (non-hydrogen) atoms. The number of hydrogen-bond donors (Lipinski definition) is 2. The second kappa shape index (κ2) is 7.00. The molecule has 0 radical (unpaired) electrons. The Morgan fingerprint density at radius 2 is 1.87 bits per heavy atom. The third kappa shape index (κ3) is 4.12. The lowest BCUT2D eigenvalue weighted by atomic mass is 10.0. The summed E-state index contributed by atoms with van der Waals surface area (Å²) in [4.78, 5) is 23.3. The van der Waals surface area contributed by atoms with Gasteiger partial charge in [-0.25, -0.2) is 13.6 Å². The van der Waals surface area contributed by atoms with E-state index in [-0.39, 0.29) is 6.42 Å². The summed E-state index contributed by atoms with van der Waals surface area (Å²) < 4.78 is 26.8. The fourth-order valence-corrected chi connectivity index (χ4v) is 2.19. The molecule has 0 aliphatic rings. The van der Waals surface area contributed by atoms with E-state index in [4.69, 9.17) is 0 Å². The number of carbonyl (C=O) groups is 2. The van der Waals surface area contributed by atoms with Gasteiger partial charge in [-0.3, -0.25) is 4.79 Å². The molecular formula is C17H15F2NO3. The van der Waals surface area contributed by atoms with E-state index in [9.17, 15) is 23.5 Å². The van der Waals surface area contributed by atoms with Crippen LogP contribution in [0.4, 0.5) is 8.78 Å². The zero-order valence-electron chi connectivity index (χ0n) is 12.3. The summed E-state index contributed by atoms with van der Waals surface area (Å²) in [5, 5.41) is 11.5. The quantitative estimate of drug-likeness (QED) is 0.890. The molecule has 0 bridgehead atoms. The maximum Gasteiger partial charge on any atom is 0.326 e. The number of aryl methyl sites for hydroxylation is 1. The average molecular weight is 319 g/mol. The first-order valence-electron chi connectivity index (χ1n) is 6.91. The normalized spacial score (nSPS) is 11.8. The van der Waals surface area contributed by atoms with Gasteiger partial charge in [0.25, 0.3) is 5.91 Å². The monoisotopic (exact) mass is 319 g/mol. The van der Waals surface area contributed by atoms with E-state index in [1.807, 2.05) is 13.0 Å². The van der Waals surface area contributed by atoms with E-state index < -0.39 is 35.1 Å². The van der Waals surface area contributed by atoms with E-state index in [1.54, 1.807) is 18.2 Å². The first kappa shape index (κ1) is 16.6. The van der Waals surface area contributed by atoms with Crippen LogP contribution in [0.25, 0.3) is 0 Å². The summed E-state index contributed by atoms with van der Waals surface area (Å²) in [6, 6.07) is 9.09. The SMILES string of the molecule is Cc1cccc(C[C@H](NC(=O)c2cccc(F)c2F)C(=O)O)c1. The molecule has 0 saturated heterocycles. The Labute approximate surface area is 131 Å². The molecule has 0 aliphatic carbocycles. The summed E-state index contributed by atoms with van der Waals surface area (Å²) in [6.45, 7) is 1.86. The minimum absolute atomic E-state index is 0.0414. The second-order valence-corrected chi connectivity index (χ2v) is 5.16. The van der Waals surface area contributed by atoms with Crippen LogP contribution in [0.1, 0.15) is 21.5 Å². The number of carboxylic acids is 1. The molecule has 0 spiro atoms. The predicted octanol–water partition coefficient (Wildman–Crippen LogP) is 2.70. The molecular weight excluding hydrogens is 304 g/mol. The maximum absolute atomic E-state index is 13.6. The van der Waals surface area contributed by atoms with Gasteiger partial charge in [0.1, 0.15) is 6.04 Å². The molecule has 4 nitrogen and oxygen atoms in total. The van der Waals surface area contributed by atoms with Crippen molar-refractivity contribution in [3.63, 3.8) is 0 Å². The number of halogens is 2. The van der Waals surface area contributed by atoms with Crippen molar-refractivity contribution in [1.29, 1.82) is 0 Å². The third-order valence-electron chi connectivity index (χ3n) is 3.32. The molecule has 0 fully saturated rings. The van der Waals surface area contributed by atoms with Crippen LogP contribution in [0.5, 0.6) is 0 Å². The van der Waals surface area contributed by atoms with E-state index in [0.29, 0.717) is 0 Å². The highest BCUT2D eigenvalue weighted by molar-refractivity contribution is 5.96. The van der Waals surface area contributed by atoms with E-state index in [2.05, 4.69) is 5.32 Å². The largest absolute Gasteiger partial charge is 0.480 e. The maximum atomic E-state index is 13.6. The Hall–Kier alpha value is -2.76. The van der Waals surface area contributed by atoms with Crippen LogP contribution in [0.3, 0.4) is 0 Å². The first-order valence-corrected chi connectivity index (χ1v) is 6.91. The number of benzene rings is 2. The van der Waals surface area contributed by atoms with Crippen molar-refractivity contribution in [2.45, 2.75) is 19.4 Å². The summed E-state index contributed by atoms with van der Waals surface area (Å²) >= 11 is 0. The van der Waals surface area contributed by atoms with Gasteiger partial charge >= 0.3 is 5.97 Å². The lowest BCUT2D eigenvalue weighted by Crippen LogP contribution is -2.42.